The second kappa shape index (κ2) is 51.9. The highest BCUT2D eigenvalue weighted by Crippen LogP contribution is 2.26. The molecule has 12 nitrogen and oxygen atoms in total. The number of hydrogen-bond donors (Lipinski definition) is 3. The number of hydrogen-bond acceptors (Lipinski definition) is 11. The molecule has 0 aromatic carbocycles. The van der Waals surface area contributed by atoms with Crippen LogP contribution >= 0.6 is 0 Å². The van der Waals surface area contributed by atoms with Crippen LogP contribution in [0.2, 0.25) is 0 Å². The van der Waals surface area contributed by atoms with E-state index in [0.29, 0.717) is 19.3 Å². The fraction of sp³-hybridized carbons (Fsp3) is 0.631. The van der Waals surface area contributed by atoms with E-state index >= 15 is 0 Å². The van der Waals surface area contributed by atoms with Crippen molar-refractivity contribution in [3.63, 3.8) is 0 Å². The molecule has 0 aliphatic carbocycles. The lowest BCUT2D eigenvalue weighted by Gasteiger charge is -2.40. The Bertz CT molecular complexity index is 1800. The van der Waals surface area contributed by atoms with E-state index in [0.717, 1.165) is 135 Å². The van der Waals surface area contributed by atoms with Crippen molar-refractivity contribution in [2.24, 2.45) is 0 Å². The van der Waals surface area contributed by atoms with Crippen molar-refractivity contribution in [2.45, 2.75) is 250 Å². The lowest BCUT2D eigenvalue weighted by Crippen LogP contribution is -2.61. The number of aliphatic hydroxyl groups is 2. The third-order valence-corrected chi connectivity index (χ3v) is 12.5. The summed E-state index contributed by atoms with van der Waals surface area (Å²) in [6.07, 6.45) is 58.8. The number of aliphatic hydroxyl groups excluding tert-OH is 2. The number of unbranched alkanes of at least 4 members (excludes halogenated alkanes) is 14. The molecule has 1 fully saturated rings. The maximum Gasteiger partial charge on any atom is 0.335 e. The molecule has 0 aromatic rings. The largest absolute Gasteiger partial charge is 0.479 e. The monoisotopic (exact) mass is 1070 g/mol. The highest BCUT2D eigenvalue weighted by Gasteiger charge is 2.50. The van der Waals surface area contributed by atoms with E-state index in [9.17, 15) is 34.5 Å². The lowest BCUT2D eigenvalue weighted by molar-refractivity contribution is -0.301. The first kappa shape index (κ1) is 70.1. The fourth-order valence-corrected chi connectivity index (χ4v) is 8.02. The van der Waals surface area contributed by atoms with E-state index in [1.54, 1.807) is 0 Å². The molecule has 1 rings (SSSR count). The Morgan fingerprint density at radius 3 is 1.27 bits per heavy atom. The Kier molecular flexibility index (Phi) is 47.2. The summed E-state index contributed by atoms with van der Waals surface area (Å²) >= 11 is 0. The molecule has 1 aliphatic heterocycles. The van der Waals surface area contributed by atoms with E-state index in [-0.39, 0.29) is 25.9 Å². The number of carbonyl (C=O) groups is 4. The summed E-state index contributed by atoms with van der Waals surface area (Å²) in [6.45, 7) is 5.66. The molecule has 0 aromatic heterocycles. The van der Waals surface area contributed by atoms with Gasteiger partial charge in [-0.2, -0.15) is 0 Å². The summed E-state index contributed by atoms with van der Waals surface area (Å²) in [5.41, 5.74) is 0. The van der Waals surface area contributed by atoms with Gasteiger partial charge in [0, 0.05) is 19.3 Å². The van der Waals surface area contributed by atoms with Gasteiger partial charge in [-0.05, 0) is 128 Å². The summed E-state index contributed by atoms with van der Waals surface area (Å²) in [6, 6.07) is 0. The number of aliphatic carboxylic acids is 1. The van der Waals surface area contributed by atoms with Crippen molar-refractivity contribution in [1.29, 1.82) is 0 Å². The molecule has 0 amide bonds. The molecule has 0 spiro atoms. The average molecular weight is 1080 g/mol. The Morgan fingerprint density at radius 2 is 0.818 bits per heavy atom. The zero-order valence-corrected chi connectivity index (χ0v) is 47.7. The van der Waals surface area contributed by atoms with Gasteiger partial charge in [0.15, 0.2) is 24.6 Å². The van der Waals surface area contributed by atoms with Gasteiger partial charge in [0.2, 0.25) is 0 Å². The van der Waals surface area contributed by atoms with Crippen LogP contribution in [0.1, 0.15) is 213 Å². The van der Waals surface area contributed by atoms with Gasteiger partial charge in [-0.1, -0.05) is 187 Å². The minimum Gasteiger partial charge on any atom is -0.479 e. The van der Waals surface area contributed by atoms with Crippen LogP contribution in [0.5, 0.6) is 0 Å². The molecule has 6 unspecified atom stereocenters. The maximum atomic E-state index is 13.1. The van der Waals surface area contributed by atoms with Crippen LogP contribution in [0.3, 0.4) is 0 Å². The topological polar surface area (TPSA) is 175 Å². The van der Waals surface area contributed by atoms with Crippen LogP contribution in [0.15, 0.2) is 122 Å². The molecule has 6 atom stereocenters. The van der Waals surface area contributed by atoms with Crippen molar-refractivity contribution >= 4 is 23.9 Å². The number of carboxylic acid groups (broad SMARTS) is 1. The van der Waals surface area contributed by atoms with E-state index in [1.807, 2.05) is 0 Å². The predicted octanol–water partition coefficient (Wildman–Crippen LogP) is 15.2. The van der Waals surface area contributed by atoms with Crippen molar-refractivity contribution in [2.75, 3.05) is 13.2 Å². The van der Waals surface area contributed by atoms with Gasteiger partial charge in [-0.15, -0.1) is 0 Å². The Morgan fingerprint density at radius 1 is 0.442 bits per heavy atom. The first-order valence-electron chi connectivity index (χ1n) is 29.5. The van der Waals surface area contributed by atoms with Gasteiger partial charge < -0.3 is 39.0 Å². The SMILES string of the molecule is CC/C=C\C/C=C\C/C=C\C/C=C\CCCCCCC(=O)OCC(COC1OC(C(=O)O)C(O)C(O)C1OC(=O)CCCCCCC/C=C\C/C=C\CCCCC)OC(=O)CCCC/C=C\C/C=C\C/C=C\C/C=C\CC. The third-order valence-electron chi connectivity index (χ3n) is 12.5. The summed E-state index contributed by atoms with van der Waals surface area (Å²) in [5, 5.41) is 31.5. The lowest BCUT2D eigenvalue weighted by atomic mass is 9.98. The molecular weight excluding hydrogens is 973 g/mol. The molecule has 12 heteroatoms. The number of carboxylic acids is 1. The van der Waals surface area contributed by atoms with Gasteiger partial charge in [-0.3, -0.25) is 14.4 Å². The van der Waals surface area contributed by atoms with Crippen molar-refractivity contribution in [3.05, 3.63) is 122 Å². The second-order valence-electron chi connectivity index (χ2n) is 19.5. The number of esters is 3. The number of carbonyl (C=O) groups excluding carboxylic acids is 3. The quantitative estimate of drug-likeness (QED) is 0.0228. The number of allylic oxidation sites excluding steroid dienone is 20. The van der Waals surface area contributed by atoms with Crippen molar-refractivity contribution in [1.82, 2.24) is 0 Å². The van der Waals surface area contributed by atoms with Gasteiger partial charge >= 0.3 is 23.9 Å². The van der Waals surface area contributed by atoms with E-state index in [4.69, 9.17) is 23.7 Å². The van der Waals surface area contributed by atoms with Gasteiger partial charge in [0.25, 0.3) is 0 Å². The maximum absolute atomic E-state index is 13.1. The fourth-order valence-electron chi connectivity index (χ4n) is 8.02. The third kappa shape index (κ3) is 41.8. The Labute approximate surface area is 465 Å². The molecule has 1 saturated heterocycles. The number of ether oxygens (including phenoxy) is 5. The Hall–Kier alpha value is -4.88. The predicted molar refractivity (Wildman–Crippen MR) is 312 cm³/mol. The molecule has 1 aliphatic rings. The minimum atomic E-state index is -1.92. The number of rotatable bonds is 48. The van der Waals surface area contributed by atoms with Gasteiger partial charge in [0.05, 0.1) is 6.61 Å². The summed E-state index contributed by atoms with van der Waals surface area (Å²) in [7, 11) is 0. The van der Waals surface area contributed by atoms with Crippen LogP contribution < -0.4 is 0 Å². The highest BCUT2D eigenvalue weighted by molar-refractivity contribution is 5.74. The molecule has 3 N–H and O–H groups in total. The highest BCUT2D eigenvalue weighted by atomic mass is 16.7. The van der Waals surface area contributed by atoms with Crippen LogP contribution in [0.25, 0.3) is 0 Å². The van der Waals surface area contributed by atoms with Crippen LogP contribution in [0, 0.1) is 0 Å². The second-order valence-corrected chi connectivity index (χ2v) is 19.5. The standard InChI is InChI=1S/C65H102O12/c1-4-7-10-13-16-19-22-25-28-29-32-33-36-39-42-45-48-51-57(66)73-54-56(75-58(67)52-49-46-43-40-37-34-30-26-23-20-17-14-11-8-5-2)55-74-65-63(61(70)60(69)62(77-65)64(71)72)76-59(68)53-50-47-44-41-38-35-31-27-24-21-18-15-12-9-6-3/h7-8,10-11,16-21,25-28,30-33,37,40,56,60-63,65,69-70H,4-6,9,12-15,22-24,29,34-36,38-39,41-55H2,1-3H3,(H,71,72)/b10-7-,11-8-,19-16-,20-17-,21-18-,28-25-,30-26-,31-27-,33-32-,40-37-. The molecular formula is C65H102O12. The zero-order valence-electron chi connectivity index (χ0n) is 47.7. The normalized spacial score (nSPS) is 18.9. The molecule has 77 heavy (non-hydrogen) atoms. The van der Waals surface area contributed by atoms with Crippen molar-refractivity contribution in [3.8, 4) is 0 Å². The minimum absolute atomic E-state index is 0.0304. The first-order chi connectivity index (χ1) is 37.6. The summed E-state index contributed by atoms with van der Waals surface area (Å²) in [4.78, 5) is 51.1. The van der Waals surface area contributed by atoms with Crippen LogP contribution in [-0.4, -0.2) is 89.2 Å². The van der Waals surface area contributed by atoms with Crippen LogP contribution in [-0.2, 0) is 42.9 Å². The van der Waals surface area contributed by atoms with E-state index < -0.39 is 67.3 Å². The molecule has 434 valence electrons. The zero-order chi connectivity index (χ0) is 56.1. The Balaban J connectivity index is 2.76. The van der Waals surface area contributed by atoms with Crippen molar-refractivity contribution < 1.29 is 58.2 Å². The first-order valence-corrected chi connectivity index (χ1v) is 29.5. The molecule has 0 radical (unpaired) electrons. The van der Waals surface area contributed by atoms with E-state index in [1.165, 1.54) is 19.3 Å². The summed E-state index contributed by atoms with van der Waals surface area (Å²) < 4.78 is 28.3. The smallest absolute Gasteiger partial charge is 0.335 e. The van der Waals surface area contributed by atoms with Gasteiger partial charge in [-0.25, -0.2) is 4.79 Å². The van der Waals surface area contributed by atoms with Crippen LogP contribution in [0.4, 0.5) is 0 Å². The molecule has 0 bridgehead atoms. The molecule has 0 saturated carbocycles. The molecule has 1 heterocycles. The average Bonchev–Trinajstić information content (AvgIpc) is 3.42. The van der Waals surface area contributed by atoms with Gasteiger partial charge in [0.1, 0.15) is 18.8 Å². The van der Waals surface area contributed by atoms with E-state index in [2.05, 4.69) is 142 Å². The summed E-state index contributed by atoms with van der Waals surface area (Å²) in [5.74, 6) is -3.25.